The largest absolute Gasteiger partial charge is 0.454 e. The summed E-state index contributed by atoms with van der Waals surface area (Å²) in [6.07, 6.45) is 0. The molecular formula is C21H17N3O7S. The monoisotopic (exact) mass is 455 g/mol. The number of rotatable bonds is 7. The smallest absolute Gasteiger partial charge is 0.289 e. The predicted molar refractivity (Wildman–Crippen MR) is 115 cm³/mol. The number of para-hydroxylation sites is 2. The minimum atomic E-state index is -4.44. The fourth-order valence-electron chi connectivity index (χ4n) is 3.16. The lowest BCUT2D eigenvalue weighted by atomic mass is 10.2. The third-order valence-electron chi connectivity index (χ3n) is 4.62. The zero-order valence-corrected chi connectivity index (χ0v) is 17.3. The molecule has 0 saturated carbocycles. The molecule has 0 atom stereocenters. The maximum absolute atomic E-state index is 13.4. The Balaban J connectivity index is 1.66. The van der Waals surface area contributed by atoms with Crippen molar-refractivity contribution in [3.63, 3.8) is 0 Å². The lowest BCUT2D eigenvalue weighted by Gasteiger charge is -2.24. The number of nitro benzene ring substituents is 1. The normalized spacial score (nSPS) is 12.2. The van der Waals surface area contributed by atoms with Crippen molar-refractivity contribution in [1.29, 1.82) is 0 Å². The van der Waals surface area contributed by atoms with E-state index in [-0.39, 0.29) is 12.5 Å². The highest BCUT2D eigenvalue weighted by Gasteiger charge is 2.33. The number of anilines is 2. The van der Waals surface area contributed by atoms with Gasteiger partial charge in [-0.25, -0.2) is 8.42 Å². The van der Waals surface area contributed by atoms with E-state index in [1.165, 1.54) is 24.3 Å². The Morgan fingerprint density at radius 2 is 1.69 bits per heavy atom. The number of carbonyl (C=O) groups is 1. The van der Waals surface area contributed by atoms with Gasteiger partial charge in [0.1, 0.15) is 6.54 Å². The molecule has 3 aromatic rings. The number of sulfonamides is 1. The van der Waals surface area contributed by atoms with Crippen LogP contribution in [0.4, 0.5) is 17.1 Å². The van der Waals surface area contributed by atoms with Crippen LogP contribution >= 0.6 is 0 Å². The number of carbonyl (C=O) groups excluding carboxylic acids is 1. The molecule has 0 unspecified atom stereocenters. The number of hydrogen-bond donors (Lipinski definition) is 1. The second-order valence-electron chi connectivity index (χ2n) is 6.69. The molecule has 32 heavy (non-hydrogen) atoms. The summed E-state index contributed by atoms with van der Waals surface area (Å²) >= 11 is 0. The van der Waals surface area contributed by atoms with E-state index in [1.807, 2.05) is 0 Å². The van der Waals surface area contributed by atoms with E-state index in [2.05, 4.69) is 5.32 Å². The third kappa shape index (κ3) is 4.18. The van der Waals surface area contributed by atoms with Crippen molar-refractivity contribution in [3.8, 4) is 11.5 Å². The van der Waals surface area contributed by atoms with E-state index in [0.29, 0.717) is 17.2 Å². The molecule has 0 aliphatic carbocycles. The lowest BCUT2D eigenvalue weighted by molar-refractivity contribution is -0.387. The molecule has 1 aliphatic rings. The fourth-order valence-corrected chi connectivity index (χ4v) is 4.74. The van der Waals surface area contributed by atoms with Crippen molar-refractivity contribution in [2.24, 2.45) is 0 Å². The summed E-state index contributed by atoms with van der Waals surface area (Å²) in [4.78, 5) is 22.9. The molecule has 1 aliphatic heterocycles. The van der Waals surface area contributed by atoms with E-state index in [1.54, 1.807) is 36.4 Å². The van der Waals surface area contributed by atoms with Crippen molar-refractivity contribution in [3.05, 3.63) is 82.9 Å². The summed E-state index contributed by atoms with van der Waals surface area (Å²) in [5, 5.41) is 14.0. The summed E-state index contributed by atoms with van der Waals surface area (Å²) in [5.74, 6) is 0.345. The lowest BCUT2D eigenvalue weighted by Crippen LogP contribution is -2.38. The number of ether oxygens (including phenoxy) is 2. The summed E-state index contributed by atoms with van der Waals surface area (Å²) in [5.41, 5.74) is -0.00792. The Morgan fingerprint density at radius 3 is 2.44 bits per heavy atom. The Labute approximate surface area is 183 Å². The maximum atomic E-state index is 13.4. The van der Waals surface area contributed by atoms with Crippen molar-refractivity contribution >= 4 is 33.0 Å². The first-order valence-electron chi connectivity index (χ1n) is 9.37. The standard InChI is InChI=1S/C21H17N3O7S/c25-21(22-15-10-11-18-19(12-15)31-14-30-18)13-23(16-6-2-1-3-7-16)32(28,29)20-9-5-4-8-17(20)24(26)27/h1-12H,13-14H2,(H,22,25). The van der Waals surface area contributed by atoms with Crippen LogP contribution in [0.2, 0.25) is 0 Å². The highest BCUT2D eigenvalue weighted by molar-refractivity contribution is 7.93. The van der Waals surface area contributed by atoms with Crippen LogP contribution < -0.4 is 19.1 Å². The second kappa shape index (κ2) is 8.55. The average molecular weight is 455 g/mol. The van der Waals surface area contributed by atoms with Gasteiger partial charge in [-0.3, -0.25) is 19.2 Å². The minimum Gasteiger partial charge on any atom is -0.454 e. The first kappa shape index (κ1) is 21.1. The molecule has 0 saturated heterocycles. The molecule has 0 bridgehead atoms. The van der Waals surface area contributed by atoms with Gasteiger partial charge in [0.25, 0.3) is 15.7 Å². The summed E-state index contributed by atoms with van der Waals surface area (Å²) in [6, 6.07) is 17.7. The molecule has 0 fully saturated rings. The van der Waals surface area contributed by atoms with E-state index in [0.717, 1.165) is 16.4 Å². The molecule has 1 amide bonds. The number of fused-ring (bicyclic) bond motifs is 1. The average Bonchev–Trinajstić information content (AvgIpc) is 3.26. The SMILES string of the molecule is O=C(CN(c1ccccc1)S(=O)(=O)c1ccccc1[N+](=O)[O-])Nc1ccc2c(c1)OCO2. The first-order chi connectivity index (χ1) is 15.4. The Bertz CT molecular complexity index is 1280. The molecule has 0 radical (unpaired) electrons. The maximum Gasteiger partial charge on any atom is 0.289 e. The molecule has 0 spiro atoms. The van der Waals surface area contributed by atoms with Crippen molar-refractivity contribution in [1.82, 2.24) is 0 Å². The summed E-state index contributed by atoms with van der Waals surface area (Å²) in [7, 11) is -4.44. The van der Waals surface area contributed by atoms with Crippen LogP contribution in [-0.4, -0.2) is 32.6 Å². The highest BCUT2D eigenvalue weighted by atomic mass is 32.2. The van der Waals surface area contributed by atoms with Gasteiger partial charge < -0.3 is 14.8 Å². The van der Waals surface area contributed by atoms with Crippen LogP contribution in [0.3, 0.4) is 0 Å². The van der Waals surface area contributed by atoms with Gasteiger partial charge in [0.05, 0.1) is 10.6 Å². The number of nitrogens with one attached hydrogen (secondary N) is 1. The van der Waals surface area contributed by atoms with Crippen molar-refractivity contribution < 1.29 is 27.6 Å². The quantitative estimate of drug-likeness (QED) is 0.428. The third-order valence-corrected chi connectivity index (χ3v) is 6.44. The Hall–Kier alpha value is -4.12. The zero-order chi connectivity index (χ0) is 22.7. The Kier molecular flexibility index (Phi) is 5.65. The van der Waals surface area contributed by atoms with Gasteiger partial charge in [0.15, 0.2) is 16.4 Å². The molecule has 164 valence electrons. The van der Waals surface area contributed by atoms with Gasteiger partial charge in [0, 0.05) is 17.8 Å². The van der Waals surface area contributed by atoms with Crippen LogP contribution in [0.15, 0.2) is 77.7 Å². The number of amides is 1. The molecule has 1 N–H and O–H groups in total. The number of nitrogens with zero attached hydrogens (tertiary/aromatic N) is 2. The zero-order valence-electron chi connectivity index (χ0n) is 16.5. The second-order valence-corrected chi connectivity index (χ2v) is 8.52. The van der Waals surface area contributed by atoms with Gasteiger partial charge in [-0.05, 0) is 30.3 Å². The predicted octanol–water partition coefficient (Wildman–Crippen LogP) is 3.16. The van der Waals surface area contributed by atoms with Gasteiger partial charge in [0.2, 0.25) is 12.7 Å². The van der Waals surface area contributed by atoms with Crippen molar-refractivity contribution in [2.75, 3.05) is 23.0 Å². The molecular weight excluding hydrogens is 438 g/mol. The van der Waals surface area contributed by atoms with Gasteiger partial charge >= 0.3 is 0 Å². The van der Waals surface area contributed by atoms with Crippen LogP contribution in [0.1, 0.15) is 0 Å². The number of benzene rings is 3. The minimum absolute atomic E-state index is 0.0720. The van der Waals surface area contributed by atoms with E-state index in [4.69, 9.17) is 9.47 Å². The summed E-state index contributed by atoms with van der Waals surface area (Å²) < 4.78 is 38.1. The van der Waals surface area contributed by atoms with Crippen LogP contribution in [0.5, 0.6) is 11.5 Å². The van der Waals surface area contributed by atoms with E-state index >= 15 is 0 Å². The van der Waals surface area contributed by atoms with Crippen molar-refractivity contribution in [2.45, 2.75) is 4.90 Å². The summed E-state index contributed by atoms with van der Waals surface area (Å²) in [6.45, 7) is -0.532. The van der Waals surface area contributed by atoms with E-state index < -0.39 is 38.0 Å². The molecule has 11 heteroatoms. The molecule has 3 aromatic carbocycles. The van der Waals surface area contributed by atoms with Gasteiger partial charge in [-0.1, -0.05) is 30.3 Å². The van der Waals surface area contributed by atoms with Crippen LogP contribution in [0, 0.1) is 10.1 Å². The van der Waals surface area contributed by atoms with Gasteiger partial charge in [-0.15, -0.1) is 0 Å². The van der Waals surface area contributed by atoms with Crippen LogP contribution in [-0.2, 0) is 14.8 Å². The molecule has 4 rings (SSSR count). The number of hydrogen-bond acceptors (Lipinski definition) is 7. The first-order valence-corrected chi connectivity index (χ1v) is 10.8. The van der Waals surface area contributed by atoms with E-state index in [9.17, 15) is 23.3 Å². The highest BCUT2D eigenvalue weighted by Crippen LogP contribution is 2.34. The topological polar surface area (TPSA) is 128 Å². The Morgan fingerprint density at radius 1 is 1.00 bits per heavy atom. The van der Waals surface area contributed by atoms with Gasteiger partial charge in [-0.2, -0.15) is 0 Å². The molecule has 0 aromatic heterocycles. The molecule has 10 nitrogen and oxygen atoms in total. The fraction of sp³-hybridized carbons (Fsp3) is 0.0952. The number of nitro groups is 1. The molecule has 1 heterocycles. The van der Waals surface area contributed by atoms with Crippen LogP contribution in [0.25, 0.3) is 0 Å².